The van der Waals surface area contributed by atoms with Crippen LogP contribution in [0.5, 0.6) is 0 Å². The van der Waals surface area contributed by atoms with Gasteiger partial charge in [-0.3, -0.25) is 19.6 Å². The number of hydrogen-bond acceptors (Lipinski definition) is 5. The van der Waals surface area contributed by atoms with Gasteiger partial charge in [-0.1, -0.05) is 48.5 Å². The molecule has 0 radical (unpaired) electrons. The zero-order valence-corrected chi connectivity index (χ0v) is 13.2. The molecule has 1 aliphatic heterocycles. The topological polar surface area (TPSA) is 83.9 Å². The van der Waals surface area contributed by atoms with E-state index >= 15 is 0 Å². The Bertz CT molecular complexity index is 845. The fourth-order valence-electron chi connectivity index (χ4n) is 3.51. The van der Waals surface area contributed by atoms with E-state index in [2.05, 4.69) is 0 Å². The normalized spacial score (nSPS) is 19.1. The van der Waals surface area contributed by atoms with Crippen molar-refractivity contribution in [1.29, 1.82) is 0 Å². The summed E-state index contributed by atoms with van der Waals surface area (Å²) >= 11 is 0. The minimum absolute atomic E-state index is 0.00784. The van der Waals surface area contributed by atoms with Crippen LogP contribution >= 0.6 is 0 Å². The van der Waals surface area contributed by atoms with Crippen LogP contribution in [0.3, 0.4) is 0 Å². The van der Waals surface area contributed by atoms with Gasteiger partial charge in [0.1, 0.15) is 12.5 Å². The van der Waals surface area contributed by atoms with Crippen molar-refractivity contribution in [3.8, 4) is 11.1 Å². The quantitative estimate of drug-likeness (QED) is 0.401. The molecular weight excluding hydrogens is 322 g/mol. The molecule has 4 rings (SSSR count). The summed E-state index contributed by atoms with van der Waals surface area (Å²) < 4.78 is 5.34. The first-order valence-corrected chi connectivity index (χ1v) is 7.98. The van der Waals surface area contributed by atoms with Gasteiger partial charge >= 0.3 is 5.97 Å². The Morgan fingerprint density at radius 2 is 1.60 bits per heavy atom. The SMILES string of the molecule is O=C(OCC1c2ccccc2-c2ccccc21)C1CC(=O)N(O)C1=O. The van der Waals surface area contributed by atoms with E-state index in [1.807, 2.05) is 48.5 Å². The molecule has 2 aromatic rings. The van der Waals surface area contributed by atoms with Crippen molar-refractivity contribution in [2.45, 2.75) is 12.3 Å². The fraction of sp³-hybridized carbons (Fsp3) is 0.211. The molecule has 1 N–H and O–H groups in total. The largest absolute Gasteiger partial charge is 0.464 e. The number of esters is 1. The van der Waals surface area contributed by atoms with Gasteiger partial charge < -0.3 is 4.74 Å². The van der Waals surface area contributed by atoms with Crippen LogP contribution < -0.4 is 0 Å². The van der Waals surface area contributed by atoms with Gasteiger partial charge in [-0.2, -0.15) is 5.06 Å². The molecule has 2 aliphatic rings. The van der Waals surface area contributed by atoms with E-state index in [-0.39, 0.29) is 24.0 Å². The van der Waals surface area contributed by atoms with E-state index in [9.17, 15) is 19.6 Å². The monoisotopic (exact) mass is 337 g/mol. The van der Waals surface area contributed by atoms with Gasteiger partial charge in [0.05, 0.1) is 6.42 Å². The maximum absolute atomic E-state index is 12.2. The molecule has 6 nitrogen and oxygen atoms in total. The van der Waals surface area contributed by atoms with Gasteiger partial charge in [0.15, 0.2) is 0 Å². The van der Waals surface area contributed by atoms with Gasteiger partial charge in [0, 0.05) is 5.92 Å². The maximum atomic E-state index is 12.2. The molecule has 0 saturated carbocycles. The molecule has 2 aromatic carbocycles. The standard InChI is InChI=1S/C19H15NO5/c21-17-9-15(18(22)20(17)24)19(23)25-10-16-13-7-3-1-5-11(13)12-6-2-4-8-14(12)16/h1-8,15-16,24H,9-10H2. The third-order valence-electron chi connectivity index (χ3n) is 4.76. The molecule has 25 heavy (non-hydrogen) atoms. The zero-order valence-electron chi connectivity index (χ0n) is 13.2. The first kappa shape index (κ1) is 15.5. The summed E-state index contributed by atoms with van der Waals surface area (Å²) in [5.41, 5.74) is 4.34. The van der Waals surface area contributed by atoms with Gasteiger partial charge in [-0.05, 0) is 22.3 Å². The lowest BCUT2D eigenvalue weighted by Crippen LogP contribution is -2.30. The Labute approximate surface area is 143 Å². The number of hydroxylamine groups is 2. The molecule has 1 aliphatic carbocycles. The summed E-state index contributed by atoms with van der Waals surface area (Å²) in [6.07, 6.45) is -0.355. The lowest BCUT2D eigenvalue weighted by Gasteiger charge is -2.15. The van der Waals surface area contributed by atoms with E-state index < -0.39 is 23.7 Å². The predicted octanol–water partition coefficient (Wildman–Crippen LogP) is 2.11. The number of fused-ring (bicyclic) bond motifs is 3. The number of nitrogens with zero attached hydrogens (tertiary/aromatic N) is 1. The van der Waals surface area contributed by atoms with Crippen molar-refractivity contribution in [1.82, 2.24) is 5.06 Å². The second-order valence-electron chi connectivity index (χ2n) is 6.16. The average Bonchev–Trinajstić information content (AvgIpc) is 3.09. The van der Waals surface area contributed by atoms with Gasteiger partial charge in [0.2, 0.25) is 0 Å². The number of hydrogen-bond donors (Lipinski definition) is 1. The molecule has 1 saturated heterocycles. The van der Waals surface area contributed by atoms with Crippen LogP contribution in [0.2, 0.25) is 0 Å². The van der Waals surface area contributed by atoms with Crippen LogP contribution in [-0.2, 0) is 19.1 Å². The second kappa shape index (κ2) is 5.82. The molecule has 0 bridgehead atoms. The highest BCUT2D eigenvalue weighted by Crippen LogP contribution is 2.44. The van der Waals surface area contributed by atoms with Crippen molar-refractivity contribution in [2.24, 2.45) is 5.92 Å². The van der Waals surface area contributed by atoms with Crippen LogP contribution in [0, 0.1) is 5.92 Å². The van der Waals surface area contributed by atoms with Crippen LogP contribution in [0.25, 0.3) is 11.1 Å². The number of amides is 2. The zero-order chi connectivity index (χ0) is 17.6. The van der Waals surface area contributed by atoms with Gasteiger partial charge in [0.25, 0.3) is 11.8 Å². The predicted molar refractivity (Wildman–Crippen MR) is 86.4 cm³/mol. The van der Waals surface area contributed by atoms with Crippen molar-refractivity contribution in [3.63, 3.8) is 0 Å². The second-order valence-corrected chi connectivity index (χ2v) is 6.16. The molecular formula is C19H15NO5. The third kappa shape index (κ3) is 2.42. The van der Waals surface area contributed by atoms with Crippen LogP contribution in [0.15, 0.2) is 48.5 Å². The summed E-state index contributed by atoms with van der Waals surface area (Å²) in [6, 6.07) is 15.8. The van der Waals surface area contributed by atoms with Crippen molar-refractivity contribution < 1.29 is 24.3 Å². The average molecular weight is 337 g/mol. The lowest BCUT2D eigenvalue weighted by atomic mass is 9.98. The van der Waals surface area contributed by atoms with Crippen molar-refractivity contribution in [3.05, 3.63) is 59.7 Å². The van der Waals surface area contributed by atoms with E-state index in [4.69, 9.17) is 4.74 Å². The van der Waals surface area contributed by atoms with Gasteiger partial charge in [-0.15, -0.1) is 0 Å². The number of carbonyl (C=O) groups is 3. The highest BCUT2D eigenvalue weighted by atomic mass is 16.5. The Morgan fingerprint density at radius 1 is 1.04 bits per heavy atom. The number of ether oxygens (including phenoxy) is 1. The third-order valence-corrected chi connectivity index (χ3v) is 4.76. The summed E-state index contributed by atoms with van der Waals surface area (Å²) in [5.74, 6) is -3.87. The molecule has 1 unspecified atom stereocenters. The molecule has 126 valence electrons. The Morgan fingerprint density at radius 3 is 2.12 bits per heavy atom. The summed E-state index contributed by atoms with van der Waals surface area (Å²) in [4.78, 5) is 35.2. The molecule has 6 heteroatoms. The summed E-state index contributed by atoms with van der Waals surface area (Å²) in [6.45, 7) is 0.0796. The molecule has 2 amide bonds. The fourth-order valence-corrected chi connectivity index (χ4v) is 3.51. The smallest absolute Gasteiger partial charge is 0.319 e. The number of benzene rings is 2. The van der Waals surface area contributed by atoms with Crippen molar-refractivity contribution >= 4 is 17.8 Å². The lowest BCUT2D eigenvalue weighted by molar-refractivity contribution is -0.173. The number of carbonyl (C=O) groups excluding carboxylic acids is 3. The first-order chi connectivity index (χ1) is 12.1. The highest BCUT2D eigenvalue weighted by Gasteiger charge is 2.44. The Kier molecular flexibility index (Phi) is 3.62. The minimum atomic E-state index is -1.26. The first-order valence-electron chi connectivity index (χ1n) is 7.98. The van der Waals surface area contributed by atoms with Gasteiger partial charge in [-0.25, -0.2) is 0 Å². The minimum Gasteiger partial charge on any atom is -0.464 e. The van der Waals surface area contributed by atoms with Crippen LogP contribution in [-0.4, -0.2) is 34.7 Å². The van der Waals surface area contributed by atoms with Crippen molar-refractivity contribution in [2.75, 3.05) is 6.61 Å². The molecule has 0 aromatic heterocycles. The highest BCUT2D eigenvalue weighted by molar-refractivity contribution is 6.11. The van der Waals surface area contributed by atoms with Crippen LogP contribution in [0.4, 0.5) is 0 Å². The maximum Gasteiger partial charge on any atom is 0.319 e. The summed E-state index contributed by atoms with van der Waals surface area (Å²) in [7, 11) is 0. The van der Waals surface area contributed by atoms with E-state index in [0.717, 1.165) is 22.3 Å². The summed E-state index contributed by atoms with van der Waals surface area (Å²) in [5, 5.41) is 9.24. The molecule has 0 spiro atoms. The van der Waals surface area contributed by atoms with E-state index in [1.165, 1.54) is 0 Å². The van der Waals surface area contributed by atoms with Crippen LogP contribution in [0.1, 0.15) is 23.5 Å². The number of imide groups is 1. The Balaban J connectivity index is 1.55. The Hall–Kier alpha value is -2.99. The number of rotatable bonds is 3. The molecule has 1 fully saturated rings. The van der Waals surface area contributed by atoms with E-state index in [0.29, 0.717) is 0 Å². The molecule has 1 atom stereocenters. The van der Waals surface area contributed by atoms with E-state index in [1.54, 1.807) is 0 Å². The molecule has 1 heterocycles.